The number of amides is 1. The SMILES string of the molecule is Cc1cccc(C(=O)Nc2ccc(N)cc2F)n1. The Bertz CT molecular complexity index is 599. The maximum atomic E-state index is 13.5. The van der Waals surface area contributed by atoms with Crippen LogP contribution in [0.5, 0.6) is 0 Å². The van der Waals surface area contributed by atoms with E-state index in [4.69, 9.17) is 5.73 Å². The van der Waals surface area contributed by atoms with Crippen LogP contribution in [-0.2, 0) is 0 Å². The highest BCUT2D eigenvalue weighted by Crippen LogP contribution is 2.17. The van der Waals surface area contributed by atoms with E-state index >= 15 is 0 Å². The van der Waals surface area contributed by atoms with Crippen molar-refractivity contribution in [3.8, 4) is 0 Å². The van der Waals surface area contributed by atoms with Crippen LogP contribution in [0.25, 0.3) is 0 Å². The second kappa shape index (κ2) is 4.83. The molecule has 0 atom stereocenters. The molecule has 0 radical (unpaired) electrons. The number of carbonyl (C=O) groups is 1. The van der Waals surface area contributed by atoms with Gasteiger partial charge in [0.15, 0.2) is 0 Å². The molecular weight excluding hydrogens is 233 g/mol. The van der Waals surface area contributed by atoms with Crippen molar-refractivity contribution < 1.29 is 9.18 Å². The molecule has 1 aromatic heterocycles. The van der Waals surface area contributed by atoms with Gasteiger partial charge in [0.2, 0.25) is 0 Å². The van der Waals surface area contributed by atoms with Crippen LogP contribution in [0.3, 0.4) is 0 Å². The second-order valence-corrected chi connectivity index (χ2v) is 3.86. The number of nitrogens with two attached hydrogens (primary N) is 1. The van der Waals surface area contributed by atoms with E-state index in [0.717, 1.165) is 11.8 Å². The molecule has 1 amide bonds. The molecule has 0 fully saturated rings. The van der Waals surface area contributed by atoms with Crippen LogP contribution in [-0.4, -0.2) is 10.9 Å². The molecule has 4 nitrogen and oxygen atoms in total. The lowest BCUT2D eigenvalue weighted by Crippen LogP contribution is -2.15. The topological polar surface area (TPSA) is 68.0 Å². The predicted molar refractivity (Wildman–Crippen MR) is 67.7 cm³/mol. The minimum atomic E-state index is -0.573. The molecule has 0 bridgehead atoms. The first-order valence-electron chi connectivity index (χ1n) is 5.36. The van der Waals surface area contributed by atoms with Gasteiger partial charge >= 0.3 is 0 Å². The average molecular weight is 245 g/mol. The van der Waals surface area contributed by atoms with Crippen LogP contribution in [0.1, 0.15) is 16.2 Å². The van der Waals surface area contributed by atoms with Gasteiger partial charge in [0.1, 0.15) is 11.5 Å². The van der Waals surface area contributed by atoms with E-state index in [1.807, 2.05) is 0 Å². The molecule has 18 heavy (non-hydrogen) atoms. The van der Waals surface area contributed by atoms with E-state index in [-0.39, 0.29) is 11.4 Å². The molecule has 92 valence electrons. The molecule has 2 rings (SSSR count). The molecule has 0 aliphatic heterocycles. The Morgan fingerprint density at radius 2 is 2.11 bits per heavy atom. The van der Waals surface area contributed by atoms with Crippen molar-refractivity contribution in [2.24, 2.45) is 0 Å². The van der Waals surface area contributed by atoms with E-state index < -0.39 is 11.7 Å². The lowest BCUT2D eigenvalue weighted by Gasteiger charge is -2.06. The minimum absolute atomic E-state index is 0.0810. The standard InChI is InChI=1S/C13H12FN3O/c1-8-3-2-4-12(16-8)13(18)17-11-6-5-9(15)7-10(11)14/h2-7H,15H2,1H3,(H,17,18). The Kier molecular flexibility index (Phi) is 3.23. The number of nitrogen functional groups attached to an aromatic ring is 1. The summed E-state index contributed by atoms with van der Waals surface area (Å²) < 4.78 is 13.5. The molecule has 0 unspecified atom stereocenters. The maximum Gasteiger partial charge on any atom is 0.274 e. The van der Waals surface area contributed by atoms with Crippen LogP contribution < -0.4 is 11.1 Å². The van der Waals surface area contributed by atoms with Crippen molar-refractivity contribution in [1.82, 2.24) is 4.98 Å². The number of hydrogen-bond donors (Lipinski definition) is 2. The summed E-state index contributed by atoms with van der Waals surface area (Å²) in [6.45, 7) is 1.78. The van der Waals surface area contributed by atoms with Crippen LogP contribution >= 0.6 is 0 Å². The summed E-state index contributed by atoms with van der Waals surface area (Å²) in [7, 11) is 0. The summed E-state index contributed by atoms with van der Waals surface area (Å²) in [5.41, 5.74) is 6.77. The van der Waals surface area contributed by atoms with E-state index in [2.05, 4.69) is 10.3 Å². The Hall–Kier alpha value is -2.43. The van der Waals surface area contributed by atoms with Crippen molar-refractivity contribution in [2.45, 2.75) is 6.92 Å². The van der Waals surface area contributed by atoms with Gasteiger partial charge < -0.3 is 11.1 Å². The Labute approximate surface area is 104 Å². The molecule has 1 heterocycles. The van der Waals surface area contributed by atoms with Gasteiger partial charge in [-0.2, -0.15) is 0 Å². The Morgan fingerprint density at radius 3 is 2.78 bits per heavy atom. The van der Waals surface area contributed by atoms with Gasteiger partial charge in [-0.25, -0.2) is 9.37 Å². The third-order valence-electron chi connectivity index (χ3n) is 2.36. The Morgan fingerprint density at radius 1 is 1.33 bits per heavy atom. The largest absolute Gasteiger partial charge is 0.399 e. The zero-order valence-electron chi connectivity index (χ0n) is 9.77. The summed E-state index contributed by atoms with van der Waals surface area (Å²) in [5, 5.41) is 2.45. The van der Waals surface area contributed by atoms with Gasteiger partial charge in [-0.05, 0) is 37.3 Å². The molecule has 0 spiro atoms. The first-order valence-corrected chi connectivity index (χ1v) is 5.36. The number of benzene rings is 1. The molecule has 1 aromatic carbocycles. The van der Waals surface area contributed by atoms with E-state index in [1.54, 1.807) is 25.1 Å². The number of carbonyl (C=O) groups excluding carboxylic acids is 1. The molecule has 2 aromatic rings. The van der Waals surface area contributed by atoms with E-state index in [9.17, 15) is 9.18 Å². The fourth-order valence-electron chi connectivity index (χ4n) is 1.49. The minimum Gasteiger partial charge on any atom is -0.399 e. The summed E-state index contributed by atoms with van der Waals surface area (Å²) >= 11 is 0. The molecule has 0 aliphatic rings. The number of aromatic nitrogens is 1. The van der Waals surface area contributed by atoms with E-state index in [1.165, 1.54) is 12.1 Å². The van der Waals surface area contributed by atoms with Crippen molar-refractivity contribution in [1.29, 1.82) is 0 Å². The lowest BCUT2D eigenvalue weighted by atomic mass is 10.2. The average Bonchev–Trinajstić information content (AvgIpc) is 2.32. The van der Waals surface area contributed by atoms with Gasteiger partial charge in [-0.3, -0.25) is 4.79 Å². The van der Waals surface area contributed by atoms with Gasteiger partial charge in [0.05, 0.1) is 5.69 Å². The smallest absolute Gasteiger partial charge is 0.274 e. The number of anilines is 2. The fraction of sp³-hybridized carbons (Fsp3) is 0.0769. The maximum absolute atomic E-state index is 13.5. The van der Waals surface area contributed by atoms with Gasteiger partial charge in [0.25, 0.3) is 5.91 Å². The number of hydrogen-bond acceptors (Lipinski definition) is 3. The zero-order chi connectivity index (χ0) is 13.1. The molecule has 3 N–H and O–H groups in total. The van der Waals surface area contributed by atoms with Crippen molar-refractivity contribution in [2.75, 3.05) is 11.1 Å². The third-order valence-corrected chi connectivity index (χ3v) is 2.36. The molecule has 0 aliphatic carbocycles. The number of rotatable bonds is 2. The van der Waals surface area contributed by atoms with Crippen LogP contribution in [0, 0.1) is 12.7 Å². The molecule has 0 saturated heterocycles. The highest BCUT2D eigenvalue weighted by Gasteiger charge is 2.10. The molecule has 0 saturated carbocycles. The Balaban J connectivity index is 2.21. The van der Waals surface area contributed by atoms with Crippen LogP contribution in [0.4, 0.5) is 15.8 Å². The quantitative estimate of drug-likeness (QED) is 0.798. The fourth-order valence-corrected chi connectivity index (χ4v) is 1.49. The summed E-state index contributed by atoms with van der Waals surface area (Å²) in [5.74, 6) is -1.03. The summed E-state index contributed by atoms with van der Waals surface area (Å²) in [4.78, 5) is 15.9. The molecular formula is C13H12FN3O. The zero-order valence-corrected chi connectivity index (χ0v) is 9.77. The number of halogens is 1. The van der Waals surface area contributed by atoms with Crippen molar-refractivity contribution >= 4 is 17.3 Å². The lowest BCUT2D eigenvalue weighted by molar-refractivity contribution is 0.102. The normalized spacial score (nSPS) is 10.1. The molecule has 5 heteroatoms. The number of aryl methyl sites for hydroxylation is 1. The summed E-state index contributed by atoms with van der Waals surface area (Å²) in [6, 6.07) is 9.15. The van der Waals surface area contributed by atoms with Gasteiger partial charge in [-0.1, -0.05) is 6.07 Å². The first kappa shape index (κ1) is 12.0. The van der Waals surface area contributed by atoms with Gasteiger partial charge in [0, 0.05) is 11.4 Å². The highest BCUT2D eigenvalue weighted by molar-refractivity contribution is 6.03. The highest BCUT2D eigenvalue weighted by atomic mass is 19.1. The third kappa shape index (κ3) is 2.63. The number of pyridine rings is 1. The van der Waals surface area contributed by atoms with E-state index in [0.29, 0.717) is 5.69 Å². The van der Waals surface area contributed by atoms with Crippen molar-refractivity contribution in [3.05, 3.63) is 53.6 Å². The number of nitrogens with zero attached hydrogens (tertiary/aromatic N) is 1. The van der Waals surface area contributed by atoms with Crippen LogP contribution in [0.2, 0.25) is 0 Å². The van der Waals surface area contributed by atoms with Crippen molar-refractivity contribution in [3.63, 3.8) is 0 Å². The monoisotopic (exact) mass is 245 g/mol. The summed E-state index contributed by atoms with van der Waals surface area (Å²) in [6.07, 6.45) is 0. The van der Waals surface area contributed by atoms with Crippen LogP contribution in [0.15, 0.2) is 36.4 Å². The van der Waals surface area contributed by atoms with Gasteiger partial charge in [-0.15, -0.1) is 0 Å². The number of nitrogens with one attached hydrogen (secondary N) is 1. The predicted octanol–water partition coefficient (Wildman–Crippen LogP) is 2.36. The second-order valence-electron chi connectivity index (χ2n) is 3.86. The first-order chi connectivity index (χ1) is 8.56.